The Hall–Kier alpha value is -1.88. The summed E-state index contributed by atoms with van der Waals surface area (Å²) in [5, 5.41) is 7.80. The molecule has 1 unspecified atom stereocenters. The minimum absolute atomic E-state index is 0.150. The smallest absolute Gasteiger partial charge is 0.161 e. The summed E-state index contributed by atoms with van der Waals surface area (Å²) >= 11 is 0. The lowest BCUT2D eigenvalue weighted by Gasteiger charge is -2.21. The standard InChI is InChI=1S/C15H22N4O/c1-11(2)19-15(14(20-4)10-18-19)13(16-3)9-12-5-7-17-8-6-12/h5-8,10-11,13,16H,9H2,1-4H3. The van der Waals surface area contributed by atoms with Crippen LogP contribution in [-0.4, -0.2) is 28.9 Å². The summed E-state index contributed by atoms with van der Waals surface area (Å²) in [5.41, 5.74) is 2.32. The fourth-order valence-corrected chi connectivity index (χ4v) is 2.35. The molecule has 108 valence electrons. The van der Waals surface area contributed by atoms with E-state index in [-0.39, 0.29) is 6.04 Å². The fourth-order valence-electron chi connectivity index (χ4n) is 2.35. The Balaban J connectivity index is 2.33. The van der Waals surface area contributed by atoms with E-state index in [1.807, 2.05) is 36.3 Å². The van der Waals surface area contributed by atoms with Gasteiger partial charge in [-0.1, -0.05) is 0 Å². The molecule has 2 aromatic heterocycles. The van der Waals surface area contributed by atoms with Crippen LogP contribution in [0.15, 0.2) is 30.7 Å². The first kappa shape index (κ1) is 14.5. The van der Waals surface area contributed by atoms with Gasteiger partial charge in [0.1, 0.15) is 0 Å². The number of pyridine rings is 1. The van der Waals surface area contributed by atoms with Gasteiger partial charge in [0.05, 0.1) is 25.0 Å². The van der Waals surface area contributed by atoms with Crippen LogP contribution in [0.1, 0.15) is 37.2 Å². The van der Waals surface area contributed by atoms with E-state index < -0.39 is 0 Å². The van der Waals surface area contributed by atoms with Crippen molar-refractivity contribution >= 4 is 0 Å². The minimum Gasteiger partial charge on any atom is -0.493 e. The number of rotatable bonds is 6. The van der Waals surface area contributed by atoms with Gasteiger partial charge < -0.3 is 10.1 Å². The van der Waals surface area contributed by atoms with E-state index in [9.17, 15) is 0 Å². The van der Waals surface area contributed by atoms with Crippen molar-refractivity contribution in [3.05, 3.63) is 42.0 Å². The Labute approximate surface area is 120 Å². The summed E-state index contributed by atoms with van der Waals surface area (Å²) in [7, 11) is 3.65. The van der Waals surface area contributed by atoms with E-state index in [2.05, 4.69) is 29.2 Å². The summed E-state index contributed by atoms with van der Waals surface area (Å²) < 4.78 is 7.48. The van der Waals surface area contributed by atoms with Gasteiger partial charge in [0.25, 0.3) is 0 Å². The Bertz CT molecular complexity index is 536. The minimum atomic E-state index is 0.150. The highest BCUT2D eigenvalue weighted by Gasteiger charge is 2.22. The maximum atomic E-state index is 5.46. The van der Waals surface area contributed by atoms with Crippen molar-refractivity contribution < 1.29 is 4.74 Å². The molecule has 1 N–H and O–H groups in total. The zero-order chi connectivity index (χ0) is 14.5. The number of nitrogens with zero attached hydrogens (tertiary/aromatic N) is 3. The third kappa shape index (κ3) is 2.99. The molecule has 2 heterocycles. The van der Waals surface area contributed by atoms with Crippen molar-refractivity contribution in [2.75, 3.05) is 14.2 Å². The van der Waals surface area contributed by atoms with Crippen molar-refractivity contribution in [1.29, 1.82) is 0 Å². The van der Waals surface area contributed by atoms with Crippen LogP contribution in [-0.2, 0) is 6.42 Å². The highest BCUT2D eigenvalue weighted by atomic mass is 16.5. The molecule has 0 radical (unpaired) electrons. The number of methoxy groups -OCH3 is 1. The number of aromatic nitrogens is 3. The van der Waals surface area contributed by atoms with Crippen LogP contribution in [0.3, 0.4) is 0 Å². The molecule has 5 nitrogen and oxygen atoms in total. The molecule has 5 heteroatoms. The van der Waals surface area contributed by atoms with Crippen LogP contribution in [0.25, 0.3) is 0 Å². The predicted octanol–water partition coefficient (Wildman–Crippen LogP) is 2.37. The molecule has 0 aliphatic heterocycles. The van der Waals surface area contributed by atoms with Crippen molar-refractivity contribution in [2.24, 2.45) is 0 Å². The molecule has 0 aliphatic carbocycles. The zero-order valence-corrected chi connectivity index (χ0v) is 12.5. The number of hydrogen-bond acceptors (Lipinski definition) is 4. The van der Waals surface area contributed by atoms with E-state index in [4.69, 9.17) is 4.74 Å². The van der Waals surface area contributed by atoms with Gasteiger partial charge in [-0.3, -0.25) is 9.67 Å². The normalized spacial score (nSPS) is 12.7. The lowest BCUT2D eigenvalue weighted by Crippen LogP contribution is -2.24. The first-order valence-corrected chi connectivity index (χ1v) is 6.85. The SMILES string of the molecule is CNC(Cc1ccncc1)c1c(OC)cnn1C(C)C. The molecule has 0 bridgehead atoms. The topological polar surface area (TPSA) is 52.0 Å². The van der Waals surface area contributed by atoms with Gasteiger partial charge in [-0.15, -0.1) is 0 Å². The van der Waals surface area contributed by atoms with Gasteiger partial charge in [0, 0.05) is 18.4 Å². The lowest BCUT2D eigenvalue weighted by atomic mass is 10.0. The van der Waals surface area contributed by atoms with Crippen LogP contribution in [0.4, 0.5) is 0 Å². The molecule has 0 spiro atoms. The molecule has 0 aliphatic rings. The van der Waals surface area contributed by atoms with E-state index in [1.165, 1.54) is 5.56 Å². The third-order valence-corrected chi connectivity index (χ3v) is 3.38. The van der Waals surface area contributed by atoms with Crippen molar-refractivity contribution in [3.63, 3.8) is 0 Å². The number of likely N-dealkylation sites (N-methyl/N-ethyl adjacent to an activating group) is 1. The second kappa shape index (κ2) is 6.52. The summed E-state index contributed by atoms with van der Waals surface area (Å²) in [5.74, 6) is 0.826. The molecule has 0 amide bonds. The first-order chi connectivity index (χ1) is 9.67. The van der Waals surface area contributed by atoms with Crippen LogP contribution >= 0.6 is 0 Å². The molecule has 2 aromatic rings. The van der Waals surface area contributed by atoms with Crippen molar-refractivity contribution in [3.8, 4) is 5.75 Å². The average Bonchev–Trinajstić information content (AvgIpc) is 2.89. The predicted molar refractivity (Wildman–Crippen MR) is 78.9 cm³/mol. The summed E-state index contributed by atoms with van der Waals surface area (Å²) in [6.45, 7) is 4.24. The molecular weight excluding hydrogens is 252 g/mol. The monoisotopic (exact) mass is 274 g/mol. The van der Waals surface area contributed by atoms with Gasteiger partial charge in [0.2, 0.25) is 0 Å². The van der Waals surface area contributed by atoms with Gasteiger partial charge in [-0.25, -0.2) is 0 Å². The number of ether oxygens (including phenoxy) is 1. The number of hydrogen-bond donors (Lipinski definition) is 1. The lowest BCUT2D eigenvalue weighted by molar-refractivity contribution is 0.388. The molecule has 20 heavy (non-hydrogen) atoms. The van der Waals surface area contributed by atoms with Crippen molar-refractivity contribution in [2.45, 2.75) is 32.4 Å². The second-order valence-electron chi connectivity index (χ2n) is 5.04. The Morgan fingerprint density at radius 1 is 1.30 bits per heavy atom. The largest absolute Gasteiger partial charge is 0.493 e. The molecular formula is C15H22N4O. The van der Waals surface area contributed by atoms with Crippen LogP contribution < -0.4 is 10.1 Å². The van der Waals surface area contributed by atoms with Crippen LogP contribution in [0, 0.1) is 0 Å². The molecule has 0 saturated heterocycles. The van der Waals surface area contributed by atoms with E-state index in [0.717, 1.165) is 17.9 Å². The zero-order valence-electron chi connectivity index (χ0n) is 12.5. The average molecular weight is 274 g/mol. The highest BCUT2D eigenvalue weighted by molar-refractivity contribution is 5.30. The quantitative estimate of drug-likeness (QED) is 0.878. The molecule has 0 saturated carbocycles. The number of nitrogens with one attached hydrogen (secondary N) is 1. The van der Waals surface area contributed by atoms with Gasteiger partial charge in [0.15, 0.2) is 5.75 Å². The maximum Gasteiger partial charge on any atom is 0.161 e. The molecule has 0 fully saturated rings. The molecule has 2 rings (SSSR count). The van der Waals surface area contributed by atoms with Gasteiger partial charge in [-0.2, -0.15) is 5.10 Å². The first-order valence-electron chi connectivity index (χ1n) is 6.85. The van der Waals surface area contributed by atoms with Gasteiger partial charge >= 0.3 is 0 Å². The fraction of sp³-hybridized carbons (Fsp3) is 0.467. The van der Waals surface area contributed by atoms with E-state index >= 15 is 0 Å². The maximum absolute atomic E-state index is 5.46. The van der Waals surface area contributed by atoms with Crippen molar-refractivity contribution in [1.82, 2.24) is 20.1 Å². The molecule has 0 aromatic carbocycles. The Morgan fingerprint density at radius 2 is 2.00 bits per heavy atom. The third-order valence-electron chi connectivity index (χ3n) is 3.38. The summed E-state index contributed by atoms with van der Waals surface area (Å²) in [4.78, 5) is 4.06. The van der Waals surface area contributed by atoms with Gasteiger partial charge in [-0.05, 0) is 45.0 Å². The Kier molecular flexibility index (Phi) is 4.74. The second-order valence-corrected chi connectivity index (χ2v) is 5.04. The highest BCUT2D eigenvalue weighted by Crippen LogP contribution is 2.29. The summed E-state index contributed by atoms with van der Waals surface area (Å²) in [6, 6.07) is 4.51. The van der Waals surface area contributed by atoms with E-state index in [1.54, 1.807) is 13.3 Å². The summed E-state index contributed by atoms with van der Waals surface area (Å²) in [6.07, 6.45) is 6.29. The van der Waals surface area contributed by atoms with Crippen LogP contribution in [0.5, 0.6) is 5.75 Å². The molecule has 1 atom stereocenters. The van der Waals surface area contributed by atoms with E-state index in [0.29, 0.717) is 6.04 Å². The Morgan fingerprint density at radius 3 is 2.55 bits per heavy atom. The van der Waals surface area contributed by atoms with Crippen LogP contribution in [0.2, 0.25) is 0 Å².